The second-order valence-corrected chi connectivity index (χ2v) is 5.69. The zero-order valence-corrected chi connectivity index (χ0v) is 12.5. The fraction of sp³-hybridized carbons (Fsp3) is 0.444. The van der Waals surface area contributed by atoms with E-state index in [9.17, 15) is 4.39 Å². The molecule has 1 fully saturated rings. The Kier molecular flexibility index (Phi) is 5.13. The van der Waals surface area contributed by atoms with Crippen molar-refractivity contribution in [1.29, 1.82) is 0 Å². The lowest BCUT2D eigenvalue weighted by Gasteiger charge is -2.20. The number of nitrogens with one attached hydrogen (secondary N) is 1. The number of halogens is 1. The Morgan fingerprint density at radius 2 is 2.25 bits per heavy atom. The van der Waals surface area contributed by atoms with E-state index in [1.165, 1.54) is 18.4 Å². The van der Waals surface area contributed by atoms with E-state index < -0.39 is 0 Å². The van der Waals surface area contributed by atoms with Gasteiger partial charge in [0.2, 0.25) is 0 Å². The summed E-state index contributed by atoms with van der Waals surface area (Å²) in [7, 11) is 0. The van der Waals surface area contributed by atoms with Crippen LogP contribution in [0.5, 0.6) is 0 Å². The van der Waals surface area contributed by atoms with E-state index in [-0.39, 0.29) is 11.9 Å². The van der Waals surface area contributed by atoms with Gasteiger partial charge >= 0.3 is 0 Å². The Balaban J connectivity index is 2.09. The zero-order chi connectivity index (χ0) is 14.5. The van der Waals surface area contributed by atoms with Crippen molar-refractivity contribution in [2.75, 3.05) is 6.54 Å². The third-order valence-electron chi connectivity index (χ3n) is 4.05. The monoisotopic (exact) mass is 273 g/mol. The summed E-state index contributed by atoms with van der Waals surface area (Å²) >= 11 is 0. The third-order valence-corrected chi connectivity index (χ3v) is 4.05. The van der Waals surface area contributed by atoms with Crippen molar-refractivity contribution in [1.82, 2.24) is 5.32 Å². The maximum atomic E-state index is 13.8. The van der Waals surface area contributed by atoms with E-state index in [4.69, 9.17) is 0 Å². The molecule has 1 aromatic carbocycles. The number of aryl methyl sites for hydroxylation is 1. The first kappa shape index (κ1) is 15.0. The number of hydrogen-bond donors (Lipinski definition) is 1. The second-order valence-electron chi connectivity index (χ2n) is 5.69. The summed E-state index contributed by atoms with van der Waals surface area (Å²) in [6.45, 7) is 8.42. The molecule has 1 aliphatic rings. The molecule has 0 amide bonds. The molecule has 0 spiro atoms. The van der Waals surface area contributed by atoms with Crippen LogP contribution in [0.25, 0.3) is 0 Å². The molecule has 1 unspecified atom stereocenters. The van der Waals surface area contributed by atoms with E-state index in [0.29, 0.717) is 5.56 Å². The molecule has 0 aromatic heterocycles. The molecule has 1 N–H and O–H groups in total. The van der Waals surface area contributed by atoms with Gasteiger partial charge in [-0.1, -0.05) is 43.7 Å². The van der Waals surface area contributed by atoms with Crippen LogP contribution >= 0.6 is 0 Å². The molecular formula is C18H24FN. The molecular weight excluding hydrogens is 249 g/mol. The van der Waals surface area contributed by atoms with Crippen molar-refractivity contribution in [3.8, 4) is 0 Å². The summed E-state index contributed by atoms with van der Waals surface area (Å²) in [5.74, 6) is 0.690. The minimum absolute atomic E-state index is 0.111. The van der Waals surface area contributed by atoms with Gasteiger partial charge in [0.1, 0.15) is 5.82 Å². The molecule has 1 aromatic rings. The molecule has 20 heavy (non-hydrogen) atoms. The number of rotatable bonds is 7. The first-order chi connectivity index (χ1) is 9.63. The fourth-order valence-electron chi connectivity index (χ4n) is 2.38. The maximum Gasteiger partial charge on any atom is 0.126 e. The molecule has 0 saturated heterocycles. The first-order valence-electron chi connectivity index (χ1n) is 7.41. The van der Waals surface area contributed by atoms with E-state index in [2.05, 4.69) is 18.0 Å². The van der Waals surface area contributed by atoms with Gasteiger partial charge in [-0.3, -0.25) is 0 Å². The maximum absolute atomic E-state index is 13.8. The van der Waals surface area contributed by atoms with Crippen LogP contribution in [0.15, 0.2) is 42.5 Å². The molecule has 0 bridgehead atoms. The lowest BCUT2D eigenvalue weighted by atomic mass is 9.99. The highest BCUT2D eigenvalue weighted by molar-refractivity contribution is 5.27. The summed E-state index contributed by atoms with van der Waals surface area (Å²) in [5, 5.41) is 3.55. The fourth-order valence-corrected chi connectivity index (χ4v) is 2.38. The third kappa shape index (κ3) is 4.04. The van der Waals surface area contributed by atoms with Gasteiger partial charge in [0.15, 0.2) is 0 Å². The largest absolute Gasteiger partial charge is 0.306 e. The highest BCUT2D eigenvalue weighted by Crippen LogP contribution is 2.37. The van der Waals surface area contributed by atoms with Crippen LogP contribution in [0.3, 0.4) is 0 Å². The number of benzene rings is 1. The summed E-state index contributed by atoms with van der Waals surface area (Å²) in [6, 6.07) is 5.82. The number of hydrogen-bond acceptors (Lipinski definition) is 1. The average Bonchev–Trinajstić information content (AvgIpc) is 3.25. The van der Waals surface area contributed by atoms with Crippen molar-refractivity contribution >= 4 is 0 Å². The minimum atomic E-state index is -0.111. The van der Waals surface area contributed by atoms with Gasteiger partial charge in [0.25, 0.3) is 0 Å². The van der Waals surface area contributed by atoms with Gasteiger partial charge in [0, 0.05) is 12.6 Å². The minimum Gasteiger partial charge on any atom is -0.306 e. The van der Waals surface area contributed by atoms with Crippen LogP contribution < -0.4 is 5.32 Å². The Bertz CT molecular complexity index is 500. The van der Waals surface area contributed by atoms with Gasteiger partial charge < -0.3 is 5.32 Å². The van der Waals surface area contributed by atoms with Gasteiger partial charge in [-0.2, -0.15) is 0 Å². The molecule has 1 atom stereocenters. The second kappa shape index (κ2) is 6.85. The Morgan fingerprint density at radius 1 is 1.50 bits per heavy atom. The standard InChI is InChI=1S/C18H24FN/c1-4-14(5-2)12-20-18(10-15-7-8-15)16-9-6-13(3)17(19)11-16/h4-6,9,11,15,18,20H,1,7-8,10,12H2,2-3H3/b14-5+. The summed E-state index contributed by atoms with van der Waals surface area (Å²) in [6.07, 6.45) is 7.65. The SMILES string of the molecule is C=C/C(=C\C)CNC(CC1CC1)c1ccc(C)c(F)c1. The van der Waals surface area contributed by atoms with Crippen molar-refractivity contribution in [2.45, 2.75) is 39.2 Å². The smallest absolute Gasteiger partial charge is 0.126 e. The molecule has 2 heteroatoms. The number of allylic oxidation sites excluding steroid dienone is 1. The average molecular weight is 273 g/mol. The molecule has 1 nitrogen and oxygen atoms in total. The van der Waals surface area contributed by atoms with Crippen molar-refractivity contribution in [3.05, 3.63) is 59.4 Å². The molecule has 1 saturated carbocycles. The highest BCUT2D eigenvalue weighted by Gasteiger charge is 2.26. The summed E-state index contributed by atoms with van der Waals surface area (Å²) in [5.41, 5.74) is 2.94. The van der Waals surface area contributed by atoms with E-state index in [0.717, 1.165) is 24.4 Å². The quantitative estimate of drug-likeness (QED) is 0.710. The molecule has 0 aliphatic heterocycles. The van der Waals surface area contributed by atoms with Crippen LogP contribution in [-0.2, 0) is 0 Å². The van der Waals surface area contributed by atoms with Gasteiger partial charge in [0.05, 0.1) is 0 Å². The topological polar surface area (TPSA) is 12.0 Å². The van der Waals surface area contributed by atoms with Gasteiger partial charge in [-0.25, -0.2) is 4.39 Å². The molecule has 0 radical (unpaired) electrons. The van der Waals surface area contributed by atoms with Crippen LogP contribution in [-0.4, -0.2) is 6.54 Å². The van der Waals surface area contributed by atoms with E-state index in [1.807, 2.05) is 25.1 Å². The van der Waals surface area contributed by atoms with Gasteiger partial charge in [-0.05, 0) is 49.0 Å². The van der Waals surface area contributed by atoms with Crippen LogP contribution in [0.1, 0.15) is 43.4 Å². The lowest BCUT2D eigenvalue weighted by molar-refractivity contribution is 0.489. The summed E-state index contributed by atoms with van der Waals surface area (Å²) < 4.78 is 13.8. The normalized spacial score (nSPS) is 17.1. The summed E-state index contributed by atoms with van der Waals surface area (Å²) in [4.78, 5) is 0. The Morgan fingerprint density at radius 3 is 2.80 bits per heavy atom. The molecule has 0 heterocycles. The lowest BCUT2D eigenvalue weighted by Crippen LogP contribution is -2.24. The molecule has 108 valence electrons. The van der Waals surface area contributed by atoms with E-state index >= 15 is 0 Å². The molecule has 1 aliphatic carbocycles. The zero-order valence-electron chi connectivity index (χ0n) is 12.5. The van der Waals surface area contributed by atoms with Gasteiger partial charge in [-0.15, -0.1) is 0 Å². The first-order valence-corrected chi connectivity index (χ1v) is 7.41. The predicted molar refractivity (Wildman–Crippen MR) is 83.2 cm³/mol. The molecule has 2 rings (SSSR count). The van der Waals surface area contributed by atoms with Crippen LogP contribution in [0.4, 0.5) is 4.39 Å². The predicted octanol–water partition coefficient (Wildman–Crippen LogP) is 4.70. The Labute approximate surface area is 121 Å². The van der Waals surface area contributed by atoms with Crippen LogP contribution in [0.2, 0.25) is 0 Å². The van der Waals surface area contributed by atoms with E-state index in [1.54, 1.807) is 13.0 Å². The highest BCUT2D eigenvalue weighted by atomic mass is 19.1. The van der Waals surface area contributed by atoms with Crippen molar-refractivity contribution in [3.63, 3.8) is 0 Å². The van der Waals surface area contributed by atoms with Crippen molar-refractivity contribution < 1.29 is 4.39 Å². The van der Waals surface area contributed by atoms with Crippen molar-refractivity contribution in [2.24, 2.45) is 5.92 Å². The van der Waals surface area contributed by atoms with Crippen LogP contribution in [0, 0.1) is 18.7 Å². The Hall–Kier alpha value is -1.41.